The molecule has 0 unspecified atom stereocenters. The van der Waals surface area contributed by atoms with E-state index in [-0.39, 0.29) is 19.1 Å². The molecular formula is C12H14N4O3. The Morgan fingerprint density at radius 2 is 2.05 bits per heavy atom. The normalized spacial score (nSPS) is 10.1. The third-order valence-corrected chi connectivity index (χ3v) is 2.20. The van der Waals surface area contributed by atoms with Gasteiger partial charge in [-0.25, -0.2) is 9.67 Å². The fourth-order valence-electron chi connectivity index (χ4n) is 1.39. The minimum atomic E-state index is -0.415. The van der Waals surface area contributed by atoms with Crippen molar-refractivity contribution in [1.29, 1.82) is 0 Å². The molecule has 0 spiro atoms. The van der Waals surface area contributed by atoms with Crippen molar-refractivity contribution in [2.75, 3.05) is 18.9 Å². The SMILES string of the molecule is Nc1ncn(CC(=O)OCCOc2ccccc2)n1. The van der Waals surface area contributed by atoms with Gasteiger partial charge in [0.25, 0.3) is 0 Å². The van der Waals surface area contributed by atoms with Gasteiger partial charge < -0.3 is 15.2 Å². The number of nitrogens with two attached hydrogens (primary N) is 1. The van der Waals surface area contributed by atoms with Gasteiger partial charge in [-0.05, 0) is 12.1 Å². The maximum Gasteiger partial charge on any atom is 0.327 e. The number of carbonyl (C=O) groups is 1. The van der Waals surface area contributed by atoms with Gasteiger partial charge in [-0.2, -0.15) is 0 Å². The Morgan fingerprint density at radius 3 is 2.74 bits per heavy atom. The number of benzene rings is 1. The number of carbonyl (C=O) groups excluding carboxylic acids is 1. The molecule has 7 nitrogen and oxygen atoms in total. The van der Waals surface area contributed by atoms with E-state index in [1.54, 1.807) is 0 Å². The summed E-state index contributed by atoms with van der Waals surface area (Å²) < 4.78 is 11.7. The summed E-state index contributed by atoms with van der Waals surface area (Å²) in [7, 11) is 0. The molecule has 2 N–H and O–H groups in total. The van der Waals surface area contributed by atoms with Crippen molar-refractivity contribution in [2.45, 2.75) is 6.54 Å². The molecule has 0 aliphatic heterocycles. The molecule has 1 heterocycles. The lowest BCUT2D eigenvalue weighted by Gasteiger charge is -2.07. The quantitative estimate of drug-likeness (QED) is 0.601. The van der Waals surface area contributed by atoms with Gasteiger partial charge in [-0.3, -0.25) is 4.79 Å². The number of hydrogen-bond donors (Lipinski definition) is 1. The van der Waals surface area contributed by atoms with Crippen molar-refractivity contribution in [1.82, 2.24) is 14.8 Å². The number of rotatable bonds is 6. The summed E-state index contributed by atoms with van der Waals surface area (Å²) in [4.78, 5) is 15.1. The smallest absolute Gasteiger partial charge is 0.327 e. The molecule has 0 aliphatic carbocycles. The third kappa shape index (κ3) is 4.30. The van der Waals surface area contributed by atoms with E-state index in [2.05, 4.69) is 10.1 Å². The predicted molar refractivity (Wildman–Crippen MR) is 67.3 cm³/mol. The first-order valence-electron chi connectivity index (χ1n) is 5.72. The number of nitrogen functional groups attached to an aromatic ring is 1. The van der Waals surface area contributed by atoms with Gasteiger partial charge in [0.2, 0.25) is 5.95 Å². The molecule has 0 fully saturated rings. The Labute approximate surface area is 110 Å². The average molecular weight is 262 g/mol. The number of esters is 1. The van der Waals surface area contributed by atoms with Gasteiger partial charge in [0, 0.05) is 0 Å². The molecule has 100 valence electrons. The standard InChI is InChI=1S/C12H14N4O3/c13-12-14-9-16(15-12)8-11(17)19-7-6-18-10-4-2-1-3-5-10/h1-5,9H,6-8H2,(H2,13,15). The molecule has 1 aromatic carbocycles. The van der Waals surface area contributed by atoms with Crippen molar-refractivity contribution in [2.24, 2.45) is 0 Å². The van der Waals surface area contributed by atoms with E-state index in [0.717, 1.165) is 5.75 Å². The van der Waals surface area contributed by atoms with Gasteiger partial charge >= 0.3 is 5.97 Å². The van der Waals surface area contributed by atoms with Crippen molar-refractivity contribution < 1.29 is 14.3 Å². The number of para-hydroxylation sites is 1. The first-order chi connectivity index (χ1) is 9.24. The summed E-state index contributed by atoms with van der Waals surface area (Å²) in [5.74, 6) is 0.448. The first kappa shape index (κ1) is 12.9. The van der Waals surface area contributed by atoms with Gasteiger partial charge in [-0.1, -0.05) is 18.2 Å². The summed E-state index contributed by atoms with van der Waals surface area (Å²) >= 11 is 0. The van der Waals surface area contributed by atoms with Crippen molar-refractivity contribution in [3.05, 3.63) is 36.7 Å². The highest BCUT2D eigenvalue weighted by molar-refractivity contribution is 5.69. The van der Waals surface area contributed by atoms with Crippen LogP contribution in [0.4, 0.5) is 5.95 Å². The second-order valence-corrected chi connectivity index (χ2v) is 3.68. The van der Waals surface area contributed by atoms with Crippen molar-refractivity contribution in [3.63, 3.8) is 0 Å². The second kappa shape index (κ2) is 6.39. The van der Waals surface area contributed by atoms with E-state index in [0.29, 0.717) is 6.61 Å². The minimum Gasteiger partial charge on any atom is -0.490 e. The van der Waals surface area contributed by atoms with Gasteiger partial charge in [0.1, 0.15) is 31.8 Å². The fraction of sp³-hybridized carbons (Fsp3) is 0.250. The van der Waals surface area contributed by atoms with Crippen LogP contribution in [-0.4, -0.2) is 33.9 Å². The van der Waals surface area contributed by atoms with Crippen LogP contribution in [0.2, 0.25) is 0 Å². The maximum atomic E-state index is 11.4. The van der Waals surface area contributed by atoms with Crippen molar-refractivity contribution >= 4 is 11.9 Å². The second-order valence-electron chi connectivity index (χ2n) is 3.68. The third-order valence-electron chi connectivity index (χ3n) is 2.20. The molecule has 0 saturated heterocycles. The Balaban J connectivity index is 1.64. The molecule has 7 heteroatoms. The Kier molecular flexibility index (Phi) is 4.33. The topological polar surface area (TPSA) is 92.3 Å². The zero-order valence-electron chi connectivity index (χ0n) is 10.2. The zero-order valence-corrected chi connectivity index (χ0v) is 10.2. The molecule has 0 atom stereocenters. The van der Waals surface area contributed by atoms with E-state index in [4.69, 9.17) is 15.2 Å². The summed E-state index contributed by atoms with van der Waals surface area (Å²) in [6, 6.07) is 9.31. The maximum absolute atomic E-state index is 11.4. The van der Waals surface area contributed by atoms with Crippen LogP contribution in [0.5, 0.6) is 5.75 Å². The molecule has 1 aromatic heterocycles. The van der Waals surface area contributed by atoms with Crippen LogP contribution in [0, 0.1) is 0 Å². The average Bonchev–Trinajstić information content (AvgIpc) is 2.81. The van der Waals surface area contributed by atoms with E-state index < -0.39 is 5.97 Å². The number of nitrogens with zero attached hydrogens (tertiary/aromatic N) is 3. The number of aromatic nitrogens is 3. The lowest BCUT2D eigenvalue weighted by Crippen LogP contribution is -2.17. The van der Waals surface area contributed by atoms with Crippen LogP contribution in [0.25, 0.3) is 0 Å². The zero-order chi connectivity index (χ0) is 13.5. The molecule has 0 aliphatic rings. The van der Waals surface area contributed by atoms with Crippen LogP contribution < -0.4 is 10.5 Å². The van der Waals surface area contributed by atoms with E-state index in [9.17, 15) is 4.79 Å². The Morgan fingerprint density at radius 1 is 1.26 bits per heavy atom. The summed E-state index contributed by atoms with van der Waals surface area (Å²) in [6.07, 6.45) is 1.37. The molecule has 0 bridgehead atoms. The summed E-state index contributed by atoms with van der Waals surface area (Å²) in [6.45, 7) is 0.461. The Bertz CT molecular complexity index is 527. The van der Waals surface area contributed by atoms with E-state index in [1.165, 1.54) is 11.0 Å². The van der Waals surface area contributed by atoms with Crippen LogP contribution in [0.15, 0.2) is 36.7 Å². The lowest BCUT2D eigenvalue weighted by atomic mass is 10.3. The predicted octanol–water partition coefficient (Wildman–Crippen LogP) is 0.482. The van der Waals surface area contributed by atoms with Crippen LogP contribution >= 0.6 is 0 Å². The van der Waals surface area contributed by atoms with E-state index in [1.807, 2.05) is 30.3 Å². The van der Waals surface area contributed by atoms with Crippen molar-refractivity contribution in [3.8, 4) is 5.75 Å². The molecule has 0 saturated carbocycles. The van der Waals surface area contributed by atoms with Crippen LogP contribution in [-0.2, 0) is 16.1 Å². The number of anilines is 1. The molecule has 19 heavy (non-hydrogen) atoms. The molecular weight excluding hydrogens is 248 g/mol. The summed E-state index contributed by atoms with van der Waals surface area (Å²) in [5, 5.41) is 3.78. The monoisotopic (exact) mass is 262 g/mol. The lowest BCUT2D eigenvalue weighted by molar-refractivity contribution is -0.145. The Hall–Kier alpha value is -2.57. The first-order valence-corrected chi connectivity index (χ1v) is 5.72. The van der Waals surface area contributed by atoms with Gasteiger partial charge in [0.05, 0.1) is 0 Å². The number of hydrogen-bond acceptors (Lipinski definition) is 6. The molecule has 0 radical (unpaired) electrons. The summed E-state index contributed by atoms with van der Waals surface area (Å²) in [5.41, 5.74) is 5.33. The van der Waals surface area contributed by atoms with Gasteiger partial charge in [-0.15, -0.1) is 5.10 Å². The minimum absolute atomic E-state index is 0.0183. The van der Waals surface area contributed by atoms with Crippen LogP contribution in [0.1, 0.15) is 0 Å². The fourth-order valence-corrected chi connectivity index (χ4v) is 1.39. The largest absolute Gasteiger partial charge is 0.490 e. The molecule has 2 aromatic rings. The highest BCUT2D eigenvalue weighted by Gasteiger charge is 2.05. The highest BCUT2D eigenvalue weighted by atomic mass is 16.6. The molecule has 0 amide bonds. The van der Waals surface area contributed by atoms with E-state index >= 15 is 0 Å². The van der Waals surface area contributed by atoms with Gasteiger partial charge in [0.15, 0.2) is 0 Å². The van der Waals surface area contributed by atoms with Crippen LogP contribution in [0.3, 0.4) is 0 Å². The number of ether oxygens (including phenoxy) is 2. The highest BCUT2D eigenvalue weighted by Crippen LogP contribution is 2.07. The molecule has 2 rings (SSSR count).